The molecular weight excluding hydrogens is 385 g/mol. The second kappa shape index (κ2) is 9.21. The van der Waals surface area contributed by atoms with Crippen LogP contribution in [0, 0.1) is 0 Å². The van der Waals surface area contributed by atoms with Crippen molar-refractivity contribution in [3.63, 3.8) is 0 Å². The molecule has 0 bridgehead atoms. The minimum Gasteiger partial charge on any atom is -0.480 e. The molecule has 0 saturated heterocycles. The van der Waals surface area contributed by atoms with Crippen LogP contribution in [0.5, 0.6) is 11.5 Å². The van der Waals surface area contributed by atoms with Crippen LogP contribution in [0.15, 0.2) is 67.0 Å². The van der Waals surface area contributed by atoms with Gasteiger partial charge in [0.2, 0.25) is 0 Å². The fourth-order valence-electron chi connectivity index (χ4n) is 2.20. The lowest BCUT2D eigenvalue weighted by Crippen LogP contribution is -2.17. The molecule has 0 spiro atoms. The molecule has 3 rings (SSSR count). The third kappa shape index (κ3) is 5.84. The molecule has 136 valence electrons. The fraction of sp³-hybridized carbons (Fsp3) is 0.0476. The molecule has 6 heteroatoms. The smallest absolute Gasteiger partial charge is 0.349 e. The van der Waals surface area contributed by atoms with Gasteiger partial charge in [0.25, 0.3) is 0 Å². The Morgan fingerprint density at radius 3 is 2.26 bits per heavy atom. The second-order valence-electron chi connectivity index (χ2n) is 5.52. The standard InChI is InChI=1S/C21H15Cl2NO3/c22-17-5-8-20(19(23)13-17)26-14-21(25)27-18-6-3-15(4-7-18)1-2-16-9-11-24-12-10-16/h1-13H,14H2/b2-1+. The Morgan fingerprint density at radius 2 is 1.59 bits per heavy atom. The first-order valence-corrected chi connectivity index (χ1v) is 8.82. The molecule has 0 aliphatic heterocycles. The van der Waals surface area contributed by atoms with E-state index in [-0.39, 0.29) is 6.61 Å². The van der Waals surface area contributed by atoms with E-state index in [1.54, 1.807) is 42.7 Å². The zero-order chi connectivity index (χ0) is 19.1. The van der Waals surface area contributed by atoms with E-state index in [1.807, 2.05) is 36.4 Å². The van der Waals surface area contributed by atoms with Gasteiger partial charge in [0, 0.05) is 17.4 Å². The third-order valence-corrected chi connectivity index (χ3v) is 4.06. The molecule has 1 aromatic heterocycles. The van der Waals surface area contributed by atoms with Crippen molar-refractivity contribution in [2.24, 2.45) is 0 Å². The van der Waals surface area contributed by atoms with E-state index in [4.69, 9.17) is 32.7 Å². The molecule has 0 N–H and O–H groups in total. The van der Waals surface area contributed by atoms with E-state index >= 15 is 0 Å². The van der Waals surface area contributed by atoms with E-state index in [1.165, 1.54) is 0 Å². The van der Waals surface area contributed by atoms with Gasteiger partial charge in [-0.3, -0.25) is 4.98 Å². The molecule has 0 aliphatic rings. The summed E-state index contributed by atoms with van der Waals surface area (Å²) in [5.41, 5.74) is 2.04. The molecule has 1 heterocycles. The van der Waals surface area contributed by atoms with Gasteiger partial charge in [-0.25, -0.2) is 4.79 Å². The minimum absolute atomic E-state index is 0.259. The largest absolute Gasteiger partial charge is 0.480 e. The zero-order valence-corrected chi connectivity index (χ0v) is 15.7. The van der Waals surface area contributed by atoms with Gasteiger partial charge in [-0.15, -0.1) is 0 Å². The topological polar surface area (TPSA) is 48.4 Å². The number of carbonyl (C=O) groups excluding carboxylic acids is 1. The maximum Gasteiger partial charge on any atom is 0.349 e. The van der Waals surface area contributed by atoms with E-state index in [9.17, 15) is 4.79 Å². The zero-order valence-electron chi connectivity index (χ0n) is 14.1. The number of carbonyl (C=O) groups is 1. The molecular formula is C21H15Cl2NO3. The van der Waals surface area contributed by atoms with Gasteiger partial charge in [0.05, 0.1) is 5.02 Å². The highest BCUT2D eigenvalue weighted by Gasteiger charge is 2.08. The Kier molecular flexibility index (Phi) is 6.47. The first-order chi connectivity index (χ1) is 13.1. The van der Waals surface area contributed by atoms with Crippen LogP contribution in [-0.2, 0) is 4.79 Å². The number of pyridine rings is 1. The molecule has 2 aromatic carbocycles. The third-order valence-electron chi connectivity index (χ3n) is 3.53. The second-order valence-corrected chi connectivity index (χ2v) is 6.36. The van der Waals surface area contributed by atoms with Crippen LogP contribution in [0.2, 0.25) is 10.0 Å². The molecule has 0 atom stereocenters. The summed E-state index contributed by atoms with van der Waals surface area (Å²) in [7, 11) is 0. The van der Waals surface area contributed by atoms with E-state index in [0.717, 1.165) is 11.1 Å². The SMILES string of the molecule is O=C(COc1ccc(Cl)cc1Cl)Oc1ccc(/C=C/c2ccncc2)cc1. The normalized spacial score (nSPS) is 10.7. The number of nitrogens with zero attached hydrogens (tertiary/aromatic N) is 1. The Labute approximate surface area is 167 Å². The highest BCUT2D eigenvalue weighted by Crippen LogP contribution is 2.27. The van der Waals surface area contributed by atoms with Crippen LogP contribution in [0.4, 0.5) is 0 Å². The van der Waals surface area contributed by atoms with Crippen LogP contribution >= 0.6 is 23.2 Å². The molecule has 0 unspecified atom stereocenters. The summed E-state index contributed by atoms with van der Waals surface area (Å²) in [6.45, 7) is -0.259. The van der Waals surface area contributed by atoms with Crippen LogP contribution in [0.1, 0.15) is 11.1 Å². The quantitative estimate of drug-likeness (QED) is 0.403. The number of hydrogen-bond acceptors (Lipinski definition) is 4. The summed E-state index contributed by atoms with van der Waals surface area (Å²) >= 11 is 11.8. The average molecular weight is 400 g/mol. The van der Waals surface area contributed by atoms with Crippen LogP contribution in [0.25, 0.3) is 12.2 Å². The lowest BCUT2D eigenvalue weighted by molar-refractivity contribution is -0.136. The van der Waals surface area contributed by atoms with Crippen molar-refractivity contribution >= 4 is 41.3 Å². The molecule has 4 nitrogen and oxygen atoms in total. The van der Waals surface area contributed by atoms with Crippen molar-refractivity contribution in [1.82, 2.24) is 4.98 Å². The van der Waals surface area contributed by atoms with Crippen molar-refractivity contribution in [2.45, 2.75) is 0 Å². The summed E-state index contributed by atoms with van der Waals surface area (Å²) < 4.78 is 10.6. The molecule has 0 radical (unpaired) electrons. The maximum atomic E-state index is 11.9. The van der Waals surface area contributed by atoms with Gasteiger partial charge in [0.15, 0.2) is 6.61 Å². The van der Waals surface area contributed by atoms with Gasteiger partial charge in [-0.2, -0.15) is 0 Å². The number of rotatable bonds is 6. The number of aromatic nitrogens is 1. The fourth-order valence-corrected chi connectivity index (χ4v) is 2.67. The number of hydrogen-bond donors (Lipinski definition) is 0. The van der Waals surface area contributed by atoms with Gasteiger partial charge < -0.3 is 9.47 Å². The average Bonchev–Trinajstić information content (AvgIpc) is 2.67. The lowest BCUT2D eigenvalue weighted by atomic mass is 10.1. The van der Waals surface area contributed by atoms with Crippen molar-refractivity contribution < 1.29 is 14.3 Å². The highest BCUT2D eigenvalue weighted by molar-refractivity contribution is 6.35. The first-order valence-electron chi connectivity index (χ1n) is 8.07. The van der Waals surface area contributed by atoms with E-state index in [2.05, 4.69) is 4.98 Å². The Hall–Kier alpha value is -2.82. The summed E-state index contributed by atoms with van der Waals surface area (Å²) in [4.78, 5) is 15.9. The predicted octanol–water partition coefficient (Wildman–Crippen LogP) is 5.54. The van der Waals surface area contributed by atoms with Crippen molar-refractivity contribution in [3.8, 4) is 11.5 Å². The molecule has 3 aromatic rings. The van der Waals surface area contributed by atoms with E-state index in [0.29, 0.717) is 21.5 Å². The lowest BCUT2D eigenvalue weighted by Gasteiger charge is -2.08. The Balaban J connectivity index is 1.53. The molecule has 0 fully saturated rings. The maximum absolute atomic E-state index is 11.9. The predicted molar refractivity (Wildman–Crippen MR) is 107 cm³/mol. The summed E-state index contributed by atoms with van der Waals surface area (Å²) in [6, 6.07) is 15.8. The Morgan fingerprint density at radius 1 is 0.926 bits per heavy atom. The number of halogens is 2. The highest BCUT2D eigenvalue weighted by atomic mass is 35.5. The molecule has 27 heavy (non-hydrogen) atoms. The monoisotopic (exact) mass is 399 g/mol. The summed E-state index contributed by atoms with van der Waals surface area (Å²) in [5, 5.41) is 0.827. The van der Waals surface area contributed by atoms with Crippen molar-refractivity contribution in [1.29, 1.82) is 0 Å². The van der Waals surface area contributed by atoms with Gasteiger partial charge in [-0.1, -0.05) is 47.5 Å². The summed E-state index contributed by atoms with van der Waals surface area (Å²) in [5.74, 6) is 0.280. The van der Waals surface area contributed by atoms with Gasteiger partial charge >= 0.3 is 5.97 Å². The first kappa shape index (κ1) is 19.0. The van der Waals surface area contributed by atoms with Gasteiger partial charge in [-0.05, 0) is 53.6 Å². The molecule has 0 aliphatic carbocycles. The number of esters is 1. The number of benzene rings is 2. The van der Waals surface area contributed by atoms with Crippen LogP contribution < -0.4 is 9.47 Å². The molecule has 0 saturated carbocycles. The molecule has 0 amide bonds. The van der Waals surface area contributed by atoms with E-state index < -0.39 is 5.97 Å². The van der Waals surface area contributed by atoms with Gasteiger partial charge in [0.1, 0.15) is 11.5 Å². The van der Waals surface area contributed by atoms with Crippen LogP contribution in [0.3, 0.4) is 0 Å². The van der Waals surface area contributed by atoms with Crippen molar-refractivity contribution in [3.05, 3.63) is 88.2 Å². The minimum atomic E-state index is -0.527. The Bertz CT molecular complexity index is 941. The number of ether oxygens (including phenoxy) is 2. The van der Waals surface area contributed by atoms with Crippen molar-refractivity contribution in [2.75, 3.05) is 6.61 Å². The summed E-state index contributed by atoms with van der Waals surface area (Å²) in [6.07, 6.45) is 7.42. The van der Waals surface area contributed by atoms with Crippen LogP contribution in [-0.4, -0.2) is 17.6 Å².